The lowest BCUT2D eigenvalue weighted by molar-refractivity contribution is -0.151. The van der Waals surface area contributed by atoms with Crippen LogP contribution in [-0.4, -0.2) is 58.6 Å². The zero-order valence-corrected chi connectivity index (χ0v) is 21.3. The van der Waals surface area contributed by atoms with Gasteiger partial charge in [0.15, 0.2) is 5.82 Å². The number of nitrogens with zero attached hydrogens (tertiary/aromatic N) is 4. The summed E-state index contributed by atoms with van der Waals surface area (Å²) in [5.74, 6) is 3.10. The maximum atomic E-state index is 15.0. The molecule has 0 amide bonds. The summed E-state index contributed by atoms with van der Waals surface area (Å²) in [7, 11) is 1.55. The van der Waals surface area contributed by atoms with Crippen molar-refractivity contribution in [3.05, 3.63) is 54.2 Å². The summed E-state index contributed by atoms with van der Waals surface area (Å²) in [5.41, 5.74) is 1.61. The van der Waals surface area contributed by atoms with E-state index in [0.717, 1.165) is 0 Å². The highest BCUT2D eigenvalue weighted by Gasteiger charge is 2.26. The number of benzene rings is 1. The highest BCUT2D eigenvalue weighted by Crippen LogP contribution is 2.30. The predicted octanol–water partition coefficient (Wildman–Crippen LogP) is 4.73. The molecule has 0 atom stereocenters. The van der Waals surface area contributed by atoms with Crippen LogP contribution < -0.4 is 14.8 Å². The van der Waals surface area contributed by atoms with E-state index < -0.39 is 12.0 Å². The third kappa shape index (κ3) is 6.66. The fourth-order valence-corrected chi connectivity index (χ4v) is 3.80. The maximum Gasteiger partial charge on any atom is 0.528 e. The monoisotopic (exact) mass is 521 g/mol. The van der Waals surface area contributed by atoms with Gasteiger partial charge in [0.25, 0.3) is 0 Å². The number of hydroxylamine groups is 2. The molecule has 4 rings (SSSR count). The van der Waals surface area contributed by atoms with E-state index in [1.807, 2.05) is 0 Å². The Labute approximate surface area is 220 Å². The minimum Gasteiger partial charge on any atom is -0.497 e. The third-order valence-electron chi connectivity index (χ3n) is 5.66. The SMILES string of the molecule is C#Cc1c(Nc2ccc(-c3cc(OC)ccn3)cc2F)ncnc1OC1CCN(OC(=O)OC(C)C)CC1. The molecule has 11 heteroatoms. The van der Waals surface area contributed by atoms with Gasteiger partial charge in [-0.25, -0.2) is 19.2 Å². The zero-order chi connectivity index (χ0) is 27.1. The third-order valence-corrected chi connectivity index (χ3v) is 5.66. The van der Waals surface area contributed by atoms with Gasteiger partial charge in [-0.05, 0) is 32.0 Å². The molecule has 198 valence electrons. The normalized spacial score (nSPS) is 14.0. The number of rotatable bonds is 8. The summed E-state index contributed by atoms with van der Waals surface area (Å²) >= 11 is 0. The van der Waals surface area contributed by atoms with Crippen molar-refractivity contribution in [2.24, 2.45) is 0 Å². The number of terminal acetylenes is 1. The number of ether oxygens (including phenoxy) is 3. The molecule has 38 heavy (non-hydrogen) atoms. The molecule has 1 fully saturated rings. The lowest BCUT2D eigenvalue weighted by atomic mass is 10.1. The van der Waals surface area contributed by atoms with Gasteiger partial charge >= 0.3 is 6.16 Å². The largest absolute Gasteiger partial charge is 0.528 e. The highest BCUT2D eigenvalue weighted by atomic mass is 19.1. The average molecular weight is 522 g/mol. The number of hydrogen-bond donors (Lipinski definition) is 1. The number of carbonyl (C=O) groups is 1. The van der Waals surface area contributed by atoms with Gasteiger partial charge in [0.05, 0.1) is 24.6 Å². The van der Waals surface area contributed by atoms with E-state index in [2.05, 4.69) is 26.2 Å². The van der Waals surface area contributed by atoms with Crippen molar-refractivity contribution < 1.29 is 28.2 Å². The van der Waals surface area contributed by atoms with Crippen LogP contribution in [0.15, 0.2) is 42.9 Å². The van der Waals surface area contributed by atoms with Crippen LogP contribution in [0.25, 0.3) is 11.3 Å². The molecule has 1 aliphatic heterocycles. The van der Waals surface area contributed by atoms with E-state index >= 15 is 4.39 Å². The first kappa shape index (κ1) is 26.6. The van der Waals surface area contributed by atoms with Gasteiger partial charge < -0.3 is 24.4 Å². The molecule has 0 radical (unpaired) electrons. The Morgan fingerprint density at radius 3 is 2.66 bits per heavy atom. The second-order valence-electron chi connectivity index (χ2n) is 8.70. The number of carbonyl (C=O) groups excluding carboxylic acids is 1. The number of pyridine rings is 1. The quantitative estimate of drug-likeness (QED) is 0.330. The molecule has 0 bridgehead atoms. The highest BCUT2D eigenvalue weighted by molar-refractivity contribution is 5.69. The van der Waals surface area contributed by atoms with Crippen LogP contribution in [0, 0.1) is 18.2 Å². The standard InChI is InChI=1S/C27H28FN5O5/c1-5-21-25(32-23-7-6-18(14-22(23)28)24-15-20(35-4)8-11-29-24)30-16-31-26(21)37-19-9-12-33(13-10-19)38-27(34)36-17(2)3/h1,6-8,11,14-17,19H,9-10,12-13H2,2-4H3,(H,30,31,32). The Kier molecular flexibility index (Phi) is 8.55. The summed E-state index contributed by atoms with van der Waals surface area (Å²) in [6.45, 7) is 4.41. The maximum absolute atomic E-state index is 15.0. The van der Waals surface area contributed by atoms with E-state index in [4.69, 9.17) is 25.5 Å². The lowest BCUT2D eigenvalue weighted by Gasteiger charge is -2.30. The van der Waals surface area contributed by atoms with E-state index in [1.165, 1.54) is 17.5 Å². The summed E-state index contributed by atoms with van der Waals surface area (Å²) in [6.07, 6.45) is 8.57. The van der Waals surface area contributed by atoms with Crippen LogP contribution in [0.2, 0.25) is 0 Å². The van der Waals surface area contributed by atoms with Crippen molar-refractivity contribution in [2.45, 2.75) is 38.9 Å². The van der Waals surface area contributed by atoms with Crippen LogP contribution in [-0.2, 0) is 9.57 Å². The molecule has 0 saturated carbocycles. The fourth-order valence-electron chi connectivity index (χ4n) is 3.80. The van der Waals surface area contributed by atoms with Gasteiger partial charge in [-0.3, -0.25) is 4.98 Å². The molecular weight excluding hydrogens is 493 g/mol. The molecule has 1 N–H and O–H groups in total. The number of halogens is 1. The van der Waals surface area contributed by atoms with Crippen molar-refractivity contribution >= 4 is 17.7 Å². The fraction of sp³-hybridized carbons (Fsp3) is 0.333. The van der Waals surface area contributed by atoms with Crippen LogP contribution >= 0.6 is 0 Å². The molecule has 1 aromatic carbocycles. The molecule has 0 unspecified atom stereocenters. The van der Waals surface area contributed by atoms with Gasteiger partial charge in [-0.2, -0.15) is 0 Å². The Hall–Kier alpha value is -4.43. The van der Waals surface area contributed by atoms with E-state index in [-0.39, 0.29) is 35.2 Å². The lowest BCUT2D eigenvalue weighted by Crippen LogP contribution is -2.40. The Balaban J connectivity index is 1.42. The van der Waals surface area contributed by atoms with Gasteiger partial charge in [0.1, 0.15) is 29.6 Å². The smallest absolute Gasteiger partial charge is 0.497 e. The van der Waals surface area contributed by atoms with Crippen molar-refractivity contribution in [1.82, 2.24) is 20.0 Å². The predicted molar refractivity (Wildman–Crippen MR) is 137 cm³/mol. The Morgan fingerprint density at radius 2 is 1.97 bits per heavy atom. The minimum atomic E-state index is -0.736. The van der Waals surface area contributed by atoms with Gasteiger partial charge in [0, 0.05) is 43.8 Å². The minimum absolute atomic E-state index is 0.177. The topological polar surface area (TPSA) is 108 Å². The number of piperidine rings is 1. The first-order chi connectivity index (χ1) is 18.4. The second-order valence-corrected chi connectivity index (χ2v) is 8.70. The van der Waals surface area contributed by atoms with Crippen molar-refractivity contribution in [3.63, 3.8) is 0 Å². The first-order valence-electron chi connectivity index (χ1n) is 12.0. The number of nitrogens with one attached hydrogen (secondary N) is 1. The van der Waals surface area contributed by atoms with Gasteiger partial charge in [0.2, 0.25) is 5.88 Å². The van der Waals surface area contributed by atoms with Crippen LogP contribution in [0.4, 0.5) is 20.7 Å². The van der Waals surface area contributed by atoms with Crippen molar-refractivity contribution in [3.8, 4) is 35.2 Å². The molecule has 3 heterocycles. The number of anilines is 2. The molecule has 0 spiro atoms. The summed E-state index contributed by atoms with van der Waals surface area (Å²) in [6, 6.07) is 8.11. The molecule has 2 aromatic heterocycles. The van der Waals surface area contributed by atoms with E-state index in [1.54, 1.807) is 51.4 Å². The van der Waals surface area contributed by atoms with Crippen molar-refractivity contribution in [2.75, 3.05) is 25.5 Å². The molecular formula is C27H28FN5O5. The molecule has 1 aliphatic rings. The molecule has 10 nitrogen and oxygen atoms in total. The van der Waals surface area contributed by atoms with E-state index in [0.29, 0.717) is 42.9 Å². The van der Waals surface area contributed by atoms with Crippen LogP contribution in [0.3, 0.4) is 0 Å². The summed E-state index contributed by atoms with van der Waals surface area (Å²) < 4.78 is 31.3. The van der Waals surface area contributed by atoms with E-state index in [9.17, 15) is 4.79 Å². The average Bonchev–Trinajstić information content (AvgIpc) is 2.90. The van der Waals surface area contributed by atoms with Gasteiger partial charge in [-0.15, -0.1) is 11.5 Å². The summed E-state index contributed by atoms with van der Waals surface area (Å²) in [4.78, 5) is 29.6. The number of aromatic nitrogens is 3. The number of methoxy groups -OCH3 is 1. The Morgan fingerprint density at radius 1 is 1.18 bits per heavy atom. The number of hydrogen-bond acceptors (Lipinski definition) is 10. The zero-order valence-electron chi connectivity index (χ0n) is 21.3. The second kappa shape index (κ2) is 12.2. The van der Waals surface area contributed by atoms with Crippen molar-refractivity contribution in [1.29, 1.82) is 0 Å². The molecule has 1 saturated heterocycles. The van der Waals surface area contributed by atoms with Gasteiger partial charge in [-0.1, -0.05) is 12.0 Å². The van der Waals surface area contributed by atoms with Crippen LogP contribution in [0.1, 0.15) is 32.3 Å². The first-order valence-corrected chi connectivity index (χ1v) is 12.0. The van der Waals surface area contributed by atoms with Crippen LogP contribution in [0.5, 0.6) is 11.6 Å². The molecule has 3 aromatic rings. The Bertz CT molecular complexity index is 1320. The summed E-state index contributed by atoms with van der Waals surface area (Å²) in [5, 5.41) is 4.48. The molecule has 0 aliphatic carbocycles.